The van der Waals surface area contributed by atoms with Gasteiger partial charge in [0.15, 0.2) is 0 Å². The van der Waals surface area contributed by atoms with Crippen LogP contribution in [0, 0.1) is 5.92 Å². The Morgan fingerprint density at radius 1 is 1.44 bits per heavy atom. The normalized spacial score (nSPS) is 28.9. The van der Waals surface area contributed by atoms with E-state index in [1.807, 2.05) is 6.20 Å². The molecule has 3 rings (SSSR count). The van der Waals surface area contributed by atoms with Gasteiger partial charge in [0.25, 0.3) is 0 Å². The molecule has 0 bridgehead atoms. The van der Waals surface area contributed by atoms with E-state index in [2.05, 4.69) is 36.3 Å². The minimum atomic E-state index is 0.619. The molecular weight excluding hydrogens is 240 g/mol. The molecule has 3 heteroatoms. The topological polar surface area (TPSA) is 24.9 Å². The SMILES string of the molecule is CNC(C1CCSC1)C1CCCc2cccnc21. The van der Waals surface area contributed by atoms with Gasteiger partial charge in [0.1, 0.15) is 0 Å². The fraction of sp³-hybridized carbons (Fsp3) is 0.667. The second-order valence-electron chi connectivity index (χ2n) is 5.48. The predicted molar refractivity (Wildman–Crippen MR) is 78.2 cm³/mol. The fourth-order valence-electron chi connectivity index (χ4n) is 3.60. The van der Waals surface area contributed by atoms with Crippen molar-refractivity contribution in [2.45, 2.75) is 37.6 Å². The third-order valence-corrected chi connectivity index (χ3v) is 5.67. The Labute approximate surface area is 114 Å². The molecule has 0 amide bonds. The number of nitrogens with one attached hydrogen (secondary N) is 1. The molecule has 1 aromatic rings. The number of likely N-dealkylation sites (N-methyl/N-ethyl adjacent to an activating group) is 1. The highest BCUT2D eigenvalue weighted by Gasteiger charge is 2.34. The van der Waals surface area contributed by atoms with Crippen LogP contribution in [-0.4, -0.2) is 29.6 Å². The van der Waals surface area contributed by atoms with E-state index >= 15 is 0 Å². The van der Waals surface area contributed by atoms with Crippen molar-refractivity contribution in [3.8, 4) is 0 Å². The lowest BCUT2D eigenvalue weighted by molar-refractivity contribution is 0.317. The van der Waals surface area contributed by atoms with Crippen molar-refractivity contribution in [2.75, 3.05) is 18.6 Å². The molecule has 98 valence electrons. The largest absolute Gasteiger partial charge is 0.316 e. The first-order valence-electron chi connectivity index (χ1n) is 7.09. The zero-order chi connectivity index (χ0) is 12.4. The first-order valence-corrected chi connectivity index (χ1v) is 8.24. The third-order valence-electron chi connectivity index (χ3n) is 4.48. The summed E-state index contributed by atoms with van der Waals surface area (Å²) < 4.78 is 0. The molecule has 0 saturated carbocycles. The van der Waals surface area contributed by atoms with E-state index in [0.29, 0.717) is 12.0 Å². The molecule has 1 aromatic heterocycles. The molecule has 3 atom stereocenters. The molecule has 0 spiro atoms. The summed E-state index contributed by atoms with van der Waals surface area (Å²) in [6, 6.07) is 4.97. The molecular formula is C15H22N2S. The number of thioether (sulfide) groups is 1. The van der Waals surface area contributed by atoms with Gasteiger partial charge in [-0.1, -0.05) is 6.07 Å². The van der Waals surface area contributed by atoms with Gasteiger partial charge in [-0.25, -0.2) is 0 Å². The second kappa shape index (κ2) is 5.62. The second-order valence-corrected chi connectivity index (χ2v) is 6.63. The standard InChI is InChI=1S/C15H22N2S/c1-16-14(12-7-9-18-10-12)13-6-2-4-11-5-3-8-17-15(11)13/h3,5,8,12-14,16H,2,4,6-7,9-10H2,1H3. The van der Waals surface area contributed by atoms with Crippen molar-refractivity contribution in [3.63, 3.8) is 0 Å². The summed E-state index contributed by atoms with van der Waals surface area (Å²) in [5.41, 5.74) is 2.86. The maximum atomic E-state index is 4.69. The Morgan fingerprint density at radius 2 is 2.39 bits per heavy atom. The van der Waals surface area contributed by atoms with Gasteiger partial charge in [-0.15, -0.1) is 0 Å². The molecule has 1 fully saturated rings. The van der Waals surface area contributed by atoms with E-state index in [1.165, 1.54) is 48.4 Å². The number of hydrogen-bond acceptors (Lipinski definition) is 3. The minimum Gasteiger partial charge on any atom is -0.316 e. The summed E-state index contributed by atoms with van der Waals surface area (Å²) in [6.07, 6.45) is 7.18. The molecule has 2 nitrogen and oxygen atoms in total. The summed E-state index contributed by atoms with van der Waals surface area (Å²) >= 11 is 2.11. The van der Waals surface area contributed by atoms with E-state index in [9.17, 15) is 0 Å². The van der Waals surface area contributed by atoms with Gasteiger partial charge in [0.05, 0.1) is 0 Å². The van der Waals surface area contributed by atoms with E-state index in [-0.39, 0.29) is 0 Å². The quantitative estimate of drug-likeness (QED) is 0.906. The van der Waals surface area contributed by atoms with Gasteiger partial charge >= 0.3 is 0 Å². The summed E-state index contributed by atoms with van der Waals surface area (Å²) in [5.74, 6) is 4.12. The maximum Gasteiger partial charge on any atom is 0.0482 e. The van der Waals surface area contributed by atoms with E-state index in [1.54, 1.807) is 0 Å². The average molecular weight is 262 g/mol. The molecule has 0 radical (unpaired) electrons. The highest BCUT2D eigenvalue weighted by Crippen LogP contribution is 2.38. The molecule has 1 saturated heterocycles. The maximum absolute atomic E-state index is 4.69. The smallest absolute Gasteiger partial charge is 0.0482 e. The molecule has 2 heterocycles. The van der Waals surface area contributed by atoms with E-state index in [4.69, 9.17) is 4.98 Å². The van der Waals surface area contributed by atoms with Crippen molar-refractivity contribution < 1.29 is 0 Å². The molecule has 3 unspecified atom stereocenters. The van der Waals surface area contributed by atoms with E-state index in [0.717, 1.165) is 5.92 Å². The Bertz CT molecular complexity index is 401. The van der Waals surface area contributed by atoms with Crippen LogP contribution in [0.3, 0.4) is 0 Å². The lowest BCUT2D eigenvalue weighted by atomic mass is 9.77. The molecule has 1 aliphatic carbocycles. The van der Waals surface area contributed by atoms with Crippen LogP contribution >= 0.6 is 11.8 Å². The van der Waals surface area contributed by atoms with Crippen molar-refractivity contribution in [1.29, 1.82) is 0 Å². The van der Waals surface area contributed by atoms with Crippen molar-refractivity contribution in [2.24, 2.45) is 5.92 Å². The summed E-state index contributed by atoms with van der Waals surface area (Å²) in [5, 5.41) is 3.60. The highest BCUT2D eigenvalue weighted by molar-refractivity contribution is 7.99. The van der Waals surface area contributed by atoms with Crippen LogP contribution < -0.4 is 5.32 Å². The van der Waals surface area contributed by atoms with Crippen LogP contribution in [0.15, 0.2) is 18.3 Å². The first kappa shape index (κ1) is 12.5. The number of aryl methyl sites for hydroxylation is 1. The zero-order valence-corrected chi connectivity index (χ0v) is 11.9. The van der Waals surface area contributed by atoms with Gasteiger partial charge in [0.2, 0.25) is 0 Å². The molecule has 1 N–H and O–H groups in total. The lowest BCUT2D eigenvalue weighted by Crippen LogP contribution is -2.40. The van der Waals surface area contributed by atoms with Gasteiger partial charge < -0.3 is 5.32 Å². The van der Waals surface area contributed by atoms with Gasteiger partial charge in [-0.05, 0) is 61.8 Å². The molecule has 18 heavy (non-hydrogen) atoms. The van der Waals surface area contributed by atoms with Crippen molar-refractivity contribution in [3.05, 3.63) is 29.6 Å². The van der Waals surface area contributed by atoms with Crippen LogP contribution in [0.1, 0.15) is 36.4 Å². The number of fused-ring (bicyclic) bond motifs is 1. The number of aromatic nitrogens is 1. The average Bonchev–Trinajstić information content (AvgIpc) is 2.94. The van der Waals surface area contributed by atoms with Crippen LogP contribution in [0.5, 0.6) is 0 Å². The summed E-state index contributed by atoms with van der Waals surface area (Å²) in [6.45, 7) is 0. The Balaban J connectivity index is 1.87. The molecule has 1 aliphatic heterocycles. The number of nitrogens with zero attached hydrogens (tertiary/aromatic N) is 1. The van der Waals surface area contributed by atoms with Crippen LogP contribution in [0.4, 0.5) is 0 Å². The summed E-state index contributed by atoms with van der Waals surface area (Å²) in [4.78, 5) is 4.69. The Hall–Kier alpha value is -0.540. The van der Waals surface area contributed by atoms with Crippen LogP contribution in [0.25, 0.3) is 0 Å². The lowest BCUT2D eigenvalue weighted by Gasteiger charge is -2.34. The first-order chi connectivity index (χ1) is 8.90. The zero-order valence-electron chi connectivity index (χ0n) is 11.1. The van der Waals surface area contributed by atoms with Crippen LogP contribution in [-0.2, 0) is 6.42 Å². The Morgan fingerprint density at radius 3 is 3.17 bits per heavy atom. The predicted octanol–water partition coefficient (Wildman–Crippen LogP) is 2.84. The number of pyridine rings is 1. The van der Waals surface area contributed by atoms with Crippen LogP contribution in [0.2, 0.25) is 0 Å². The summed E-state index contributed by atoms with van der Waals surface area (Å²) in [7, 11) is 2.13. The number of rotatable bonds is 3. The molecule has 0 aromatic carbocycles. The fourth-order valence-corrected chi connectivity index (χ4v) is 4.91. The third kappa shape index (κ3) is 2.30. The van der Waals surface area contributed by atoms with Crippen molar-refractivity contribution in [1.82, 2.24) is 10.3 Å². The number of hydrogen-bond donors (Lipinski definition) is 1. The van der Waals surface area contributed by atoms with Gasteiger partial charge in [-0.3, -0.25) is 4.98 Å². The van der Waals surface area contributed by atoms with Crippen molar-refractivity contribution >= 4 is 11.8 Å². The van der Waals surface area contributed by atoms with Gasteiger partial charge in [-0.2, -0.15) is 11.8 Å². The van der Waals surface area contributed by atoms with E-state index < -0.39 is 0 Å². The van der Waals surface area contributed by atoms with Gasteiger partial charge in [0, 0.05) is 23.9 Å². The molecule has 2 aliphatic rings. The monoisotopic (exact) mass is 262 g/mol. The Kier molecular flexibility index (Phi) is 3.90. The minimum absolute atomic E-state index is 0.619. The highest BCUT2D eigenvalue weighted by atomic mass is 32.2.